The van der Waals surface area contributed by atoms with Gasteiger partial charge in [0, 0.05) is 32.4 Å². The molecule has 2 saturated heterocycles. The summed E-state index contributed by atoms with van der Waals surface area (Å²) in [7, 11) is 0. The fourth-order valence-electron chi connectivity index (χ4n) is 2.91. The second kappa shape index (κ2) is 6.35. The van der Waals surface area contributed by atoms with E-state index >= 15 is 0 Å². The van der Waals surface area contributed by atoms with E-state index in [4.69, 9.17) is 9.47 Å². The van der Waals surface area contributed by atoms with Gasteiger partial charge in [-0.15, -0.1) is 0 Å². The van der Waals surface area contributed by atoms with Crippen LogP contribution in [0, 0.1) is 5.92 Å². The van der Waals surface area contributed by atoms with Crippen LogP contribution in [0.5, 0.6) is 5.75 Å². The third kappa shape index (κ3) is 3.67. The Bertz CT molecular complexity index is 371. The highest BCUT2D eigenvalue weighted by Crippen LogP contribution is 2.20. The topological polar surface area (TPSA) is 34.6 Å². The molecule has 0 aromatic carbocycles. The van der Waals surface area contributed by atoms with Crippen LogP contribution in [-0.4, -0.2) is 48.8 Å². The Morgan fingerprint density at radius 1 is 1.32 bits per heavy atom. The standard InChI is InChI=1S/C15H22N2O2/c1-2-15(10-16-6-1)19-14-3-7-17(8-4-14)11-13-5-9-18-12-13/h1-2,6,10,13-14H,3-5,7-9,11-12H2. The number of likely N-dealkylation sites (tertiary alicyclic amines) is 1. The second-order valence-electron chi connectivity index (χ2n) is 5.54. The molecule has 19 heavy (non-hydrogen) atoms. The summed E-state index contributed by atoms with van der Waals surface area (Å²) in [6.07, 6.45) is 7.37. The molecule has 2 fully saturated rings. The molecular formula is C15H22N2O2. The maximum Gasteiger partial charge on any atom is 0.137 e. The van der Waals surface area contributed by atoms with Gasteiger partial charge in [0.25, 0.3) is 0 Å². The fraction of sp³-hybridized carbons (Fsp3) is 0.667. The van der Waals surface area contributed by atoms with Gasteiger partial charge < -0.3 is 14.4 Å². The minimum atomic E-state index is 0.347. The zero-order chi connectivity index (χ0) is 12.9. The molecule has 2 aliphatic rings. The molecule has 1 aromatic heterocycles. The number of rotatable bonds is 4. The van der Waals surface area contributed by atoms with Crippen LogP contribution in [-0.2, 0) is 4.74 Å². The van der Waals surface area contributed by atoms with Gasteiger partial charge in [0.05, 0.1) is 12.8 Å². The molecule has 1 atom stereocenters. The minimum absolute atomic E-state index is 0.347. The molecule has 0 bridgehead atoms. The van der Waals surface area contributed by atoms with Gasteiger partial charge >= 0.3 is 0 Å². The van der Waals surface area contributed by atoms with Crippen molar-refractivity contribution >= 4 is 0 Å². The highest BCUT2D eigenvalue weighted by atomic mass is 16.5. The number of nitrogens with zero attached hydrogens (tertiary/aromatic N) is 2. The summed E-state index contributed by atoms with van der Waals surface area (Å²) in [6, 6.07) is 3.90. The first-order valence-corrected chi connectivity index (χ1v) is 7.27. The average molecular weight is 262 g/mol. The predicted molar refractivity (Wildman–Crippen MR) is 73.3 cm³/mol. The molecular weight excluding hydrogens is 240 g/mol. The van der Waals surface area contributed by atoms with Crippen molar-refractivity contribution in [2.45, 2.75) is 25.4 Å². The Kier molecular flexibility index (Phi) is 4.30. The third-order valence-corrected chi connectivity index (χ3v) is 4.01. The largest absolute Gasteiger partial charge is 0.489 e. The van der Waals surface area contributed by atoms with Crippen LogP contribution in [0.1, 0.15) is 19.3 Å². The summed E-state index contributed by atoms with van der Waals surface area (Å²) >= 11 is 0. The number of ether oxygens (including phenoxy) is 2. The van der Waals surface area contributed by atoms with Gasteiger partial charge in [0.15, 0.2) is 0 Å². The van der Waals surface area contributed by atoms with Crippen molar-refractivity contribution in [2.75, 3.05) is 32.8 Å². The first kappa shape index (κ1) is 12.9. The van der Waals surface area contributed by atoms with Crippen LogP contribution in [0.4, 0.5) is 0 Å². The van der Waals surface area contributed by atoms with Crippen LogP contribution >= 0.6 is 0 Å². The Balaban J connectivity index is 1.41. The van der Waals surface area contributed by atoms with Crippen molar-refractivity contribution in [2.24, 2.45) is 5.92 Å². The van der Waals surface area contributed by atoms with Gasteiger partial charge in [-0.05, 0) is 37.3 Å². The fourth-order valence-corrected chi connectivity index (χ4v) is 2.91. The number of hydrogen-bond acceptors (Lipinski definition) is 4. The Hall–Kier alpha value is -1.13. The van der Waals surface area contributed by atoms with Crippen molar-refractivity contribution in [1.82, 2.24) is 9.88 Å². The van der Waals surface area contributed by atoms with Gasteiger partial charge in [-0.1, -0.05) is 0 Å². The second-order valence-corrected chi connectivity index (χ2v) is 5.54. The van der Waals surface area contributed by atoms with Crippen molar-refractivity contribution < 1.29 is 9.47 Å². The summed E-state index contributed by atoms with van der Waals surface area (Å²) in [5, 5.41) is 0. The van der Waals surface area contributed by atoms with Gasteiger partial charge in [-0.3, -0.25) is 4.98 Å². The van der Waals surface area contributed by atoms with E-state index in [1.165, 1.54) is 13.0 Å². The highest BCUT2D eigenvalue weighted by molar-refractivity contribution is 5.15. The highest BCUT2D eigenvalue weighted by Gasteiger charge is 2.24. The quantitative estimate of drug-likeness (QED) is 0.831. The van der Waals surface area contributed by atoms with Crippen LogP contribution < -0.4 is 4.74 Å². The van der Waals surface area contributed by atoms with Gasteiger partial charge in [-0.2, -0.15) is 0 Å². The zero-order valence-corrected chi connectivity index (χ0v) is 11.3. The molecule has 0 aliphatic carbocycles. The van der Waals surface area contributed by atoms with Crippen molar-refractivity contribution in [3.05, 3.63) is 24.5 Å². The van der Waals surface area contributed by atoms with Crippen LogP contribution in [0.3, 0.4) is 0 Å². The number of aromatic nitrogens is 1. The summed E-state index contributed by atoms with van der Waals surface area (Å²) in [4.78, 5) is 6.64. The molecule has 3 rings (SSSR count). The van der Waals surface area contributed by atoms with Crippen molar-refractivity contribution in [3.63, 3.8) is 0 Å². The van der Waals surface area contributed by atoms with E-state index in [0.717, 1.165) is 50.8 Å². The van der Waals surface area contributed by atoms with Crippen LogP contribution in [0.15, 0.2) is 24.5 Å². The maximum atomic E-state index is 5.96. The molecule has 2 aliphatic heterocycles. The molecule has 0 amide bonds. The minimum Gasteiger partial charge on any atom is -0.489 e. The van der Waals surface area contributed by atoms with Gasteiger partial charge in [0.2, 0.25) is 0 Å². The number of piperidine rings is 1. The summed E-state index contributed by atoms with van der Waals surface area (Å²) in [5.74, 6) is 1.64. The molecule has 1 aromatic rings. The molecule has 0 saturated carbocycles. The molecule has 0 spiro atoms. The molecule has 1 unspecified atom stereocenters. The molecule has 4 heteroatoms. The first-order valence-electron chi connectivity index (χ1n) is 7.27. The number of hydrogen-bond donors (Lipinski definition) is 0. The number of pyridine rings is 1. The molecule has 3 heterocycles. The lowest BCUT2D eigenvalue weighted by Gasteiger charge is -2.33. The van der Waals surface area contributed by atoms with Crippen LogP contribution in [0.2, 0.25) is 0 Å². The van der Waals surface area contributed by atoms with E-state index in [-0.39, 0.29) is 0 Å². The van der Waals surface area contributed by atoms with E-state index in [0.29, 0.717) is 6.10 Å². The normalized spacial score (nSPS) is 25.6. The van der Waals surface area contributed by atoms with Gasteiger partial charge in [0.1, 0.15) is 11.9 Å². The zero-order valence-electron chi connectivity index (χ0n) is 11.3. The van der Waals surface area contributed by atoms with Gasteiger partial charge in [-0.25, -0.2) is 0 Å². The molecule has 4 nitrogen and oxygen atoms in total. The molecule has 104 valence electrons. The lowest BCUT2D eigenvalue weighted by atomic mass is 10.0. The molecule has 0 radical (unpaired) electrons. The van der Waals surface area contributed by atoms with E-state index in [9.17, 15) is 0 Å². The Morgan fingerprint density at radius 2 is 2.21 bits per heavy atom. The smallest absolute Gasteiger partial charge is 0.137 e. The Labute approximate surface area is 114 Å². The van der Waals surface area contributed by atoms with Crippen molar-refractivity contribution in [3.8, 4) is 5.75 Å². The van der Waals surface area contributed by atoms with E-state index in [1.54, 1.807) is 12.4 Å². The summed E-state index contributed by atoms with van der Waals surface area (Å²) < 4.78 is 11.4. The first-order chi connectivity index (χ1) is 9.40. The molecule has 0 N–H and O–H groups in total. The predicted octanol–water partition coefficient (Wildman–Crippen LogP) is 1.96. The SMILES string of the molecule is c1cncc(OC2CCN(CC3CCOC3)CC2)c1. The van der Waals surface area contributed by atoms with Crippen molar-refractivity contribution in [1.29, 1.82) is 0 Å². The van der Waals surface area contributed by atoms with E-state index in [1.807, 2.05) is 12.1 Å². The average Bonchev–Trinajstić information content (AvgIpc) is 2.95. The lowest BCUT2D eigenvalue weighted by molar-refractivity contribution is 0.0878. The maximum absolute atomic E-state index is 5.96. The summed E-state index contributed by atoms with van der Waals surface area (Å²) in [6.45, 7) is 5.37. The summed E-state index contributed by atoms with van der Waals surface area (Å²) in [5.41, 5.74) is 0. The Morgan fingerprint density at radius 3 is 2.89 bits per heavy atom. The van der Waals surface area contributed by atoms with E-state index < -0.39 is 0 Å². The van der Waals surface area contributed by atoms with E-state index in [2.05, 4.69) is 9.88 Å². The lowest BCUT2D eigenvalue weighted by Crippen LogP contribution is -2.40. The van der Waals surface area contributed by atoms with Crippen LogP contribution in [0.25, 0.3) is 0 Å². The monoisotopic (exact) mass is 262 g/mol. The third-order valence-electron chi connectivity index (χ3n) is 4.01.